The predicted molar refractivity (Wildman–Crippen MR) is 127 cm³/mol. The van der Waals surface area contributed by atoms with Gasteiger partial charge in [-0.2, -0.15) is 0 Å². The molecule has 0 radical (unpaired) electrons. The highest BCUT2D eigenvalue weighted by molar-refractivity contribution is 8.01. The summed E-state index contributed by atoms with van der Waals surface area (Å²) in [5, 5.41) is 14.7. The van der Waals surface area contributed by atoms with Crippen molar-refractivity contribution in [3.05, 3.63) is 48.5 Å². The fourth-order valence-electron chi connectivity index (χ4n) is 2.53. The number of nitrogens with one attached hydrogen (secondary N) is 2. The van der Waals surface area contributed by atoms with Gasteiger partial charge in [0.15, 0.2) is 4.34 Å². The van der Waals surface area contributed by atoms with E-state index in [1.165, 1.54) is 49.3 Å². The van der Waals surface area contributed by atoms with Crippen LogP contribution < -0.4 is 15.4 Å². The van der Waals surface area contributed by atoms with E-state index in [0.29, 0.717) is 21.8 Å². The van der Waals surface area contributed by atoms with Crippen molar-refractivity contribution in [2.45, 2.75) is 16.2 Å². The molecule has 12 heteroatoms. The number of amides is 1. The fraction of sp³-hybridized carbons (Fsp3) is 0.250. The van der Waals surface area contributed by atoms with Gasteiger partial charge in [0.05, 0.1) is 22.9 Å². The highest BCUT2D eigenvalue weighted by Crippen LogP contribution is 2.31. The van der Waals surface area contributed by atoms with Crippen molar-refractivity contribution in [1.29, 1.82) is 0 Å². The average molecular weight is 494 g/mol. The first-order valence-corrected chi connectivity index (χ1v) is 12.8. The van der Waals surface area contributed by atoms with Gasteiger partial charge in [-0.3, -0.25) is 4.79 Å². The molecule has 0 saturated heterocycles. The molecule has 0 fully saturated rings. The number of nitrogens with zero attached hydrogens (tertiary/aromatic N) is 3. The van der Waals surface area contributed by atoms with Crippen LogP contribution in [0.3, 0.4) is 0 Å². The molecule has 0 saturated carbocycles. The van der Waals surface area contributed by atoms with E-state index in [1.807, 2.05) is 31.2 Å². The molecular formula is C20H23N5O4S3. The maximum absolute atomic E-state index is 12.3. The summed E-state index contributed by atoms with van der Waals surface area (Å²) in [5.74, 6) is 0.634. The van der Waals surface area contributed by atoms with E-state index in [0.717, 1.165) is 15.7 Å². The second-order valence-electron chi connectivity index (χ2n) is 6.58. The van der Waals surface area contributed by atoms with E-state index in [2.05, 4.69) is 20.8 Å². The van der Waals surface area contributed by atoms with Crippen LogP contribution in [0.15, 0.2) is 57.8 Å². The van der Waals surface area contributed by atoms with Gasteiger partial charge >= 0.3 is 0 Å². The van der Waals surface area contributed by atoms with Gasteiger partial charge in [-0.25, -0.2) is 12.7 Å². The zero-order chi connectivity index (χ0) is 23.1. The minimum Gasteiger partial charge on any atom is -0.492 e. The molecule has 0 aliphatic rings. The van der Waals surface area contributed by atoms with Crippen molar-refractivity contribution in [3.8, 4) is 5.75 Å². The number of hydrogen-bond donors (Lipinski definition) is 2. The molecule has 170 valence electrons. The zero-order valence-corrected chi connectivity index (χ0v) is 20.2. The molecule has 0 aliphatic carbocycles. The van der Waals surface area contributed by atoms with Crippen LogP contribution in [-0.4, -0.2) is 55.3 Å². The van der Waals surface area contributed by atoms with Gasteiger partial charge in [0.1, 0.15) is 5.75 Å². The lowest BCUT2D eigenvalue weighted by Crippen LogP contribution is -2.22. The van der Waals surface area contributed by atoms with E-state index < -0.39 is 10.0 Å². The molecule has 1 aromatic heterocycles. The number of carbonyl (C=O) groups is 1. The average Bonchev–Trinajstić information content (AvgIpc) is 3.21. The Morgan fingerprint density at radius 2 is 1.84 bits per heavy atom. The van der Waals surface area contributed by atoms with Crippen LogP contribution in [0.5, 0.6) is 5.75 Å². The molecule has 1 heterocycles. The maximum Gasteiger partial charge on any atom is 0.242 e. The summed E-state index contributed by atoms with van der Waals surface area (Å²) in [6.07, 6.45) is 0. The van der Waals surface area contributed by atoms with E-state index in [9.17, 15) is 13.2 Å². The maximum atomic E-state index is 12.3. The van der Waals surface area contributed by atoms with Crippen molar-refractivity contribution in [1.82, 2.24) is 14.5 Å². The number of sulfonamides is 1. The highest BCUT2D eigenvalue weighted by Gasteiger charge is 2.17. The monoisotopic (exact) mass is 493 g/mol. The van der Waals surface area contributed by atoms with Crippen LogP contribution in [0.2, 0.25) is 0 Å². The summed E-state index contributed by atoms with van der Waals surface area (Å²) in [6, 6.07) is 13.6. The van der Waals surface area contributed by atoms with Gasteiger partial charge in [0, 0.05) is 19.8 Å². The first kappa shape index (κ1) is 24.0. The third-order valence-corrected chi connectivity index (χ3v) is 7.88. The molecule has 3 aromatic rings. The highest BCUT2D eigenvalue weighted by atomic mass is 32.2. The third kappa shape index (κ3) is 6.19. The van der Waals surface area contributed by atoms with Gasteiger partial charge in [-0.1, -0.05) is 35.2 Å². The fourth-order valence-corrected chi connectivity index (χ4v) is 5.00. The Hall–Kier alpha value is -2.67. The first-order chi connectivity index (χ1) is 15.3. The Labute approximate surface area is 195 Å². The largest absolute Gasteiger partial charge is 0.492 e. The number of ether oxygens (including phenoxy) is 1. The topological polar surface area (TPSA) is 114 Å². The van der Waals surface area contributed by atoms with Crippen LogP contribution in [0.4, 0.5) is 16.5 Å². The molecule has 0 atom stereocenters. The molecule has 2 aromatic carbocycles. The summed E-state index contributed by atoms with van der Waals surface area (Å²) in [5.41, 5.74) is 1.31. The number of aromatic nitrogens is 2. The molecule has 2 N–H and O–H groups in total. The van der Waals surface area contributed by atoms with Gasteiger partial charge in [0.2, 0.25) is 21.1 Å². The Morgan fingerprint density at radius 3 is 2.53 bits per heavy atom. The molecule has 32 heavy (non-hydrogen) atoms. The molecule has 0 aliphatic heterocycles. The number of rotatable bonds is 10. The van der Waals surface area contributed by atoms with E-state index in [-0.39, 0.29) is 16.6 Å². The zero-order valence-electron chi connectivity index (χ0n) is 17.7. The van der Waals surface area contributed by atoms with E-state index in [1.54, 1.807) is 12.1 Å². The predicted octanol–water partition coefficient (Wildman–Crippen LogP) is 3.66. The lowest BCUT2D eigenvalue weighted by molar-refractivity contribution is -0.113. The number of thioether (sulfide) groups is 1. The first-order valence-electron chi connectivity index (χ1n) is 9.57. The molecule has 1 amide bonds. The minimum absolute atomic E-state index is 0.141. The molecule has 3 rings (SSSR count). The summed E-state index contributed by atoms with van der Waals surface area (Å²) in [7, 11) is -0.573. The molecular weight excluding hydrogens is 470 g/mol. The Bertz CT molecular complexity index is 1160. The minimum atomic E-state index is -3.51. The van der Waals surface area contributed by atoms with Gasteiger partial charge in [-0.15, -0.1) is 10.2 Å². The Balaban J connectivity index is 1.53. The van der Waals surface area contributed by atoms with Gasteiger partial charge in [0.25, 0.3) is 0 Å². The summed E-state index contributed by atoms with van der Waals surface area (Å²) < 4.78 is 31.6. The summed E-state index contributed by atoms with van der Waals surface area (Å²) in [4.78, 5) is 12.4. The van der Waals surface area contributed by atoms with Crippen LogP contribution in [0, 0.1) is 0 Å². The Kier molecular flexibility index (Phi) is 8.07. The van der Waals surface area contributed by atoms with Crippen molar-refractivity contribution < 1.29 is 17.9 Å². The molecule has 0 unspecified atom stereocenters. The van der Waals surface area contributed by atoms with Crippen LogP contribution in [-0.2, 0) is 14.8 Å². The van der Waals surface area contributed by atoms with Gasteiger partial charge in [-0.05, 0) is 43.3 Å². The van der Waals surface area contributed by atoms with Crippen molar-refractivity contribution in [3.63, 3.8) is 0 Å². The van der Waals surface area contributed by atoms with E-state index in [4.69, 9.17) is 4.74 Å². The van der Waals surface area contributed by atoms with Crippen molar-refractivity contribution in [2.75, 3.05) is 37.1 Å². The molecule has 0 spiro atoms. The van der Waals surface area contributed by atoms with Crippen LogP contribution in [0.25, 0.3) is 0 Å². The number of anilines is 3. The van der Waals surface area contributed by atoms with Gasteiger partial charge < -0.3 is 15.4 Å². The van der Waals surface area contributed by atoms with Crippen molar-refractivity contribution >= 4 is 55.5 Å². The SMILES string of the molecule is CCOc1ccccc1Nc1nnc(SCC(=O)Nc2ccc(S(=O)(=O)N(C)C)cc2)s1. The molecule has 0 bridgehead atoms. The summed E-state index contributed by atoms with van der Waals surface area (Å²) in [6.45, 7) is 2.47. The lowest BCUT2D eigenvalue weighted by atomic mass is 10.3. The van der Waals surface area contributed by atoms with E-state index >= 15 is 0 Å². The number of benzene rings is 2. The quantitative estimate of drug-likeness (QED) is 0.412. The standard InChI is InChI=1S/C20H23N5O4S3/c1-4-29-17-8-6-5-7-16(17)22-19-23-24-20(31-19)30-13-18(26)21-14-9-11-15(12-10-14)32(27,28)25(2)3/h5-12H,4,13H2,1-3H3,(H,21,26)(H,22,23). The molecule has 9 nitrogen and oxygen atoms in total. The number of hydrogen-bond acceptors (Lipinski definition) is 9. The van der Waals surface area contributed by atoms with Crippen molar-refractivity contribution in [2.24, 2.45) is 0 Å². The Morgan fingerprint density at radius 1 is 1.12 bits per heavy atom. The van der Waals surface area contributed by atoms with Crippen LogP contribution >= 0.6 is 23.1 Å². The lowest BCUT2D eigenvalue weighted by Gasteiger charge is -2.11. The summed E-state index contributed by atoms with van der Waals surface area (Å²) >= 11 is 2.60. The number of carbonyl (C=O) groups excluding carboxylic acids is 1. The third-order valence-electron chi connectivity index (χ3n) is 4.08. The number of para-hydroxylation sites is 2. The second kappa shape index (κ2) is 10.8. The normalized spacial score (nSPS) is 11.4. The van der Waals surface area contributed by atoms with Crippen LogP contribution in [0.1, 0.15) is 6.92 Å². The smallest absolute Gasteiger partial charge is 0.242 e. The second-order valence-corrected chi connectivity index (χ2v) is 10.9.